The van der Waals surface area contributed by atoms with Crippen molar-refractivity contribution < 1.29 is 22.8 Å². The second-order valence-corrected chi connectivity index (χ2v) is 12.8. The van der Waals surface area contributed by atoms with Crippen LogP contribution < -0.4 is 10.2 Å². The maximum absolute atomic E-state index is 14.2. The second-order valence-electron chi connectivity index (χ2n) is 10.1. The number of imidazole rings is 1. The molecule has 212 valence electrons. The Kier molecular flexibility index (Phi) is 7.42. The number of amides is 3. The van der Waals surface area contributed by atoms with Crippen molar-refractivity contribution in [3.8, 4) is 6.07 Å². The van der Waals surface area contributed by atoms with Crippen LogP contribution in [0.4, 0.5) is 11.6 Å². The van der Waals surface area contributed by atoms with Crippen molar-refractivity contribution in [3.05, 3.63) is 69.8 Å². The van der Waals surface area contributed by atoms with Crippen LogP contribution in [-0.4, -0.2) is 52.6 Å². The first-order valence-electron chi connectivity index (χ1n) is 12.6. The lowest BCUT2D eigenvalue weighted by molar-refractivity contribution is -0.131. The molecule has 0 spiro atoms. The summed E-state index contributed by atoms with van der Waals surface area (Å²) in [7, 11) is -4.38. The Balaban J connectivity index is 1.65. The zero-order valence-electron chi connectivity index (χ0n) is 22.0. The molecule has 3 aromatic rings. The molecule has 1 fully saturated rings. The van der Waals surface area contributed by atoms with Gasteiger partial charge in [-0.3, -0.25) is 24.3 Å². The third-order valence-electron chi connectivity index (χ3n) is 7.18. The van der Waals surface area contributed by atoms with Gasteiger partial charge in [0.1, 0.15) is 11.6 Å². The van der Waals surface area contributed by atoms with Gasteiger partial charge >= 0.3 is 0 Å². The minimum atomic E-state index is -4.38. The smallest absolute Gasteiger partial charge is 0.261 e. The topological polar surface area (TPSA) is 145 Å². The lowest BCUT2D eigenvalue weighted by Crippen LogP contribution is -2.48. The molecular weight excluding hydrogens is 591 g/mol. The van der Waals surface area contributed by atoms with Crippen molar-refractivity contribution in [3.63, 3.8) is 0 Å². The van der Waals surface area contributed by atoms with Crippen molar-refractivity contribution >= 4 is 62.6 Å². The van der Waals surface area contributed by atoms with E-state index in [0.717, 1.165) is 10.5 Å². The monoisotopic (exact) mass is 614 g/mol. The zero-order valence-corrected chi connectivity index (χ0v) is 24.3. The lowest BCUT2D eigenvalue weighted by Gasteiger charge is -2.29. The molecule has 3 amide bonds. The summed E-state index contributed by atoms with van der Waals surface area (Å²) < 4.78 is 30.7. The van der Waals surface area contributed by atoms with Crippen molar-refractivity contribution in [2.75, 3.05) is 11.4 Å². The average Bonchev–Trinajstić information content (AvgIpc) is 3.61. The Hall–Kier alpha value is -3.76. The van der Waals surface area contributed by atoms with E-state index in [1.807, 2.05) is 6.07 Å². The first-order valence-corrected chi connectivity index (χ1v) is 14.8. The molecule has 5 rings (SSSR count). The SMILES string of the molecule is CC(=O)NC(=O)C1CCCN1S(=O)(=O)c1cnc2n1C(C)(Cc1ccc(C#N)cc1)C(=O)N2c1cc(Cl)cc(Cl)c1. The largest absolute Gasteiger partial charge is 0.295 e. The number of nitriles is 1. The summed E-state index contributed by atoms with van der Waals surface area (Å²) in [6, 6.07) is 12.1. The summed E-state index contributed by atoms with van der Waals surface area (Å²) in [4.78, 5) is 44.1. The first-order chi connectivity index (χ1) is 19.4. The highest BCUT2D eigenvalue weighted by atomic mass is 35.5. The molecule has 3 heterocycles. The van der Waals surface area contributed by atoms with E-state index in [9.17, 15) is 28.1 Å². The van der Waals surface area contributed by atoms with Crippen molar-refractivity contribution in [1.29, 1.82) is 5.26 Å². The number of carbonyl (C=O) groups excluding carboxylic acids is 3. The van der Waals surface area contributed by atoms with Crippen LogP contribution in [0.3, 0.4) is 0 Å². The Morgan fingerprint density at radius 3 is 2.44 bits per heavy atom. The molecule has 11 nitrogen and oxygen atoms in total. The van der Waals surface area contributed by atoms with E-state index < -0.39 is 39.3 Å². The molecule has 0 bridgehead atoms. The molecule has 14 heteroatoms. The van der Waals surface area contributed by atoms with Crippen LogP contribution in [0.25, 0.3) is 0 Å². The van der Waals surface area contributed by atoms with Crippen LogP contribution in [0.5, 0.6) is 0 Å². The van der Waals surface area contributed by atoms with Gasteiger partial charge in [-0.1, -0.05) is 35.3 Å². The number of benzene rings is 2. The van der Waals surface area contributed by atoms with Gasteiger partial charge in [-0.05, 0) is 55.7 Å². The quantitative estimate of drug-likeness (QED) is 0.447. The fourth-order valence-corrected chi connectivity index (χ4v) is 7.74. The van der Waals surface area contributed by atoms with Gasteiger partial charge in [-0.15, -0.1) is 0 Å². The van der Waals surface area contributed by atoms with E-state index in [-0.39, 0.29) is 40.4 Å². The number of hydrogen-bond donors (Lipinski definition) is 1. The van der Waals surface area contributed by atoms with E-state index in [1.54, 1.807) is 31.2 Å². The highest BCUT2D eigenvalue weighted by Gasteiger charge is 2.53. The molecule has 2 unspecified atom stereocenters. The first kappa shape index (κ1) is 28.8. The molecular formula is C27H24Cl2N6O5S. The molecule has 2 aliphatic rings. The van der Waals surface area contributed by atoms with Gasteiger partial charge in [0.15, 0.2) is 5.03 Å². The summed E-state index contributed by atoms with van der Waals surface area (Å²) in [5.74, 6) is -1.76. The number of rotatable bonds is 6. The second kappa shape index (κ2) is 10.6. The third-order valence-corrected chi connectivity index (χ3v) is 9.49. The number of fused-ring (bicyclic) bond motifs is 1. The highest BCUT2D eigenvalue weighted by molar-refractivity contribution is 7.89. The highest BCUT2D eigenvalue weighted by Crippen LogP contribution is 2.45. The molecule has 41 heavy (non-hydrogen) atoms. The van der Waals surface area contributed by atoms with Gasteiger partial charge in [0.2, 0.25) is 17.8 Å². The molecule has 0 saturated carbocycles. The normalized spacial score (nSPS) is 20.6. The van der Waals surface area contributed by atoms with Crippen LogP contribution in [0, 0.1) is 11.3 Å². The standard InChI is InChI=1S/C27H24Cl2N6O5S/c1-16(36)32-24(37)22-4-3-9-33(22)41(39,40)23-15-31-26-34(21-11-19(28)10-20(29)12-21)25(38)27(2,35(23)26)13-17-5-7-18(14-30)8-6-17/h5-8,10-12,15,22H,3-4,9,13H2,1-2H3,(H,32,36,37). The number of imide groups is 1. The maximum Gasteiger partial charge on any atom is 0.261 e. The number of halogens is 2. The van der Waals surface area contributed by atoms with Crippen molar-refractivity contribution in [1.82, 2.24) is 19.2 Å². The summed E-state index contributed by atoms with van der Waals surface area (Å²) in [6.45, 7) is 2.83. The molecule has 2 aromatic carbocycles. The van der Waals surface area contributed by atoms with Gasteiger partial charge in [-0.25, -0.2) is 18.3 Å². The van der Waals surface area contributed by atoms with Gasteiger partial charge < -0.3 is 0 Å². The Morgan fingerprint density at radius 2 is 1.83 bits per heavy atom. The number of nitrogens with one attached hydrogen (secondary N) is 1. The Morgan fingerprint density at radius 1 is 1.17 bits per heavy atom. The fourth-order valence-electron chi connectivity index (χ4n) is 5.38. The Labute approximate surface area is 246 Å². The van der Waals surface area contributed by atoms with Gasteiger partial charge in [0.25, 0.3) is 15.9 Å². The van der Waals surface area contributed by atoms with Crippen LogP contribution in [0.1, 0.15) is 37.8 Å². The predicted octanol–water partition coefficient (Wildman–Crippen LogP) is 3.51. The number of anilines is 2. The summed E-state index contributed by atoms with van der Waals surface area (Å²) >= 11 is 12.5. The molecule has 0 radical (unpaired) electrons. The van der Waals surface area contributed by atoms with Gasteiger partial charge in [-0.2, -0.15) is 9.57 Å². The van der Waals surface area contributed by atoms with Gasteiger partial charge in [0.05, 0.1) is 23.5 Å². The third kappa shape index (κ3) is 4.99. The van der Waals surface area contributed by atoms with E-state index in [4.69, 9.17) is 23.2 Å². The van der Waals surface area contributed by atoms with E-state index >= 15 is 0 Å². The molecule has 2 atom stereocenters. The van der Waals surface area contributed by atoms with Gasteiger partial charge in [0, 0.05) is 29.9 Å². The molecule has 0 aliphatic carbocycles. The fraction of sp³-hybridized carbons (Fsp3) is 0.296. The summed E-state index contributed by atoms with van der Waals surface area (Å²) in [5, 5.41) is 11.6. The predicted molar refractivity (Wildman–Crippen MR) is 150 cm³/mol. The minimum Gasteiger partial charge on any atom is -0.295 e. The van der Waals surface area contributed by atoms with Crippen LogP contribution in [0.15, 0.2) is 53.7 Å². The van der Waals surface area contributed by atoms with E-state index in [2.05, 4.69) is 10.3 Å². The lowest BCUT2D eigenvalue weighted by atomic mass is 9.91. The van der Waals surface area contributed by atoms with Crippen molar-refractivity contribution in [2.24, 2.45) is 0 Å². The van der Waals surface area contributed by atoms with E-state index in [1.165, 1.54) is 34.6 Å². The van der Waals surface area contributed by atoms with Crippen LogP contribution in [-0.2, 0) is 36.4 Å². The van der Waals surface area contributed by atoms with Crippen molar-refractivity contribution in [2.45, 2.75) is 49.7 Å². The number of aromatic nitrogens is 2. The number of nitrogens with zero attached hydrogens (tertiary/aromatic N) is 5. The number of sulfonamides is 1. The minimum absolute atomic E-state index is 0.0342. The summed E-state index contributed by atoms with van der Waals surface area (Å²) in [5.41, 5.74) is -0.0866. The van der Waals surface area contributed by atoms with Crippen LogP contribution >= 0.6 is 23.2 Å². The number of hydrogen-bond acceptors (Lipinski definition) is 7. The number of carbonyl (C=O) groups is 3. The zero-order chi connectivity index (χ0) is 29.7. The molecule has 2 aliphatic heterocycles. The Bertz CT molecular complexity index is 1710. The van der Waals surface area contributed by atoms with E-state index in [0.29, 0.717) is 23.2 Å². The maximum atomic E-state index is 14.2. The molecule has 1 N–H and O–H groups in total. The molecule has 1 saturated heterocycles. The summed E-state index contributed by atoms with van der Waals surface area (Å²) in [6.07, 6.45) is 1.85. The average molecular weight is 615 g/mol. The van der Waals surface area contributed by atoms with Crippen LogP contribution in [0.2, 0.25) is 10.0 Å². The molecule has 1 aromatic heterocycles.